The average Bonchev–Trinajstić information content (AvgIpc) is 1.55. The van der Waals surface area contributed by atoms with Crippen molar-refractivity contribution in [1.29, 1.82) is 0 Å². The maximum atomic E-state index is 14.7. The molecule has 2 aliphatic heterocycles. The number of carbonyl (C=O) groups excluding carboxylic acids is 10. The molecule has 4 aliphatic carbocycles. The number of rotatable bonds is 27. The molecule has 82 heavy (non-hydrogen) atoms. The number of benzene rings is 1. The number of anilines is 1. The topological polar surface area (TPSA) is 300 Å². The fourth-order valence-electron chi connectivity index (χ4n) is 13.5. The van der Waals surface area contributed by atoms with Crippen molar-refractivity contribution in [2.75, 3.05) is 52.2 Å². The van der Waals surface area contributed by atoms with E-state index in [9.17, 15) is 53.1 Å². The summed E-state index contributed by atoms with van der Waals surface area (Å²) in [6, 6.07) is 4.96. The summed E-state index contributed by atoms with van der Waals surface area (Å²) in [5.74, 6) is -3.62. The van der Waals surface area contributed by atoms with E-state index >= 15 is 0 Å². The third kappa shape index (κ3) is 14.0. The van der Waals surface area contributed by atoms with Crippen molar-refractivity contribution < 1.29 is 72.0 Å². The number of unbranched alkanes of at least 4 members (excludes halogenated alkanes) is 2. The summed E-state index contributed by atoms with van der Waals surface area (Å²) in [6.45, 7) is 9.51. The van der Waals surface area contributed by atoms with E-state index in [0.717, 1.165) is 23.3 Å². The number of hydrogen-bond acceptors (Lipinski definition) is 15. The Bertz CT molecular complexity index is 2670. The van der Waals surface area contributed by atoms with Gasteiger partial charge in [-0.05, 0) is 105 Å². The summed E-state index contributed by atoms with van der Waals surface area (Å²) in [5.41, 5.74) is 4.47. The average molecular weight is 1140 g/mol. The van der Waals surface area contributed by atoms with Crippen LogP contribution in [0.3, 0.4) is 0 Å². The van der Waals surface area contributed by atoms with Crippen LogP contribution in [0.1, 0.15) is 124 Å². The van der Waals surface area contributed by atoms with Gasteiger partial charge in [-0.25, -0.2) is 14.4 Å². The molecule has 6 aliphatic rings. The van der Waals surface area contributed by atoms with E-state index < -0.39 is 83.4 Å². The second kappa shape index (κ2) is 27.1. The number of ketones is 3. The van der Waals surface area contributed by atoms with Gasteiger partial charge in [-0.1, -0.05) is 71.2 Å². The third-order valence-electron chi connectivity index (χ3n) is 17.9. The number of nitrogens with two attached hydrogens (primary N) is 1. The van der Waals surface area contributed by atoms with E-state index in [4.69, 9.17) is 24.7 Å². The van der Waals surface area contributed by atoms with E-state index in [0.29, 0.717) is 56.2 Å². The van der Waals surface area contributed by atoms with Crippen LogP contribution in [0.2, 0.25) is 0 Å². The Morgan fingerprint density at radius 2 is 1.60 bits per heavy atom. The Balaban J connectivity index is 0.863. The number of imide groups is 1. The molecule has 6 N–H and O–H groups in total. The number of amides is 8. The second-order valence-electron chi connectivity index (χ2n) is 23.8. The van der Waals surface area contributed by atoms with Gasteiger partial charge in [0, 0.05) is 93.6 Å². The molecule has 1 aromatic carbocycles. The largest absolute Gasteiger partial charge is 0.445 e. The summed E-state index contributed by atoms with van der Waals surface area (Å²) in [4.78, 5) is 133. The number of aliphatic hydroxyl groups excluding tert-OH is 1. The molecule has 3 saturated carbocycles. The van der Waals surface area contributed by atoms with E-state index in [1.54, 1.807) is 50.3 Å². The van der Waals surface area contributed by atoms with E-state index in [1.165, 1.54) is 36.0 Å². The lowest BCUT2D eigenvalue weighted by molar-refractivity contribution is -0.200. The van der Waals surface area contributed by atoms with Gasteiger partial charge in [0.15, 0.2) is 30.1 Å². The fraction of sp³-hybridized carbons (Fsp3) is 0.633. The highest BCUT2D eigenvalue weighted by molar-refractivity contribution is 6.12. The van der Waals surface area contributed by atoms with Crippen LogP contribution in [-0.4, -0.2) is 156 Å². The number of fused-ring (bicyclic) bond motifs is 7. The summed E-state index contributed by atoms with van der Waals surface area (Å²) in [7, 11) is 3.00. The molecule has 22 nitrogen and oxygen atoms in total. The van der Waals surface area contributed by atoms with Gasteiger partial charge in [0.05, 0.1) is 18.2 Å². The second-order valence-corrected chi connectivity index (χ2v) is 23.8. The van der Waals surface area contributed by atoms with Crippen LogP contribution in [-0.2, 0) is 59.1 Å². The molecule has 448 valence electrons. The summed E-state index contributed by atoms with van der Waals surface area (Å²) < 4.78 is 24.4. The quantitative estimate of drug-likeness (QED) is 0.0525. The number of likely N-dealkylation sites (N-methyl/N-ethyl adjacent to an activating group) is 2. The number of urea groups is 1. The minimum atomic E-state index is -1.46. The van der Waals surface area contributed by atoms with Gasteiger partial charge in [-0.15, -0.1) is 0 Å². The normalized spacial score (nSPS) is 27.5. The summed E-state index contributed by atoms with van der Waals surface area (Å²) >= 11 is 0. The Hall–Kier alpha value is -6.78. The summed E-state index contributed by atoms with van der Waals surface area (Å²) in [5, 5.41) is 20.2. The first-order valence-electron chi connectivity index (χ1n) is 29.0. The van der Waals surface area contributed by atoms with Crippen LogP contribution >= 0.6 is 0 Å². The molecule has 22 heteroatoms. The molecular weight excluding hydrogens is 1060 g/mol. The Labute approximate surface area is 479 Å². The fourth-order valence-corrected chi connectivity index (χ4v) is 13.5. The minimum Gasteiger partial charge on any atom is -0.445 e. The molecule has 7 rings (SSSR count). The lowest BCUT2D eigenvalue weighted by Gasteiger charge is -2.59. The van der Waals surface area contributed by atoms with Gasteiger partial charge in [0.1, 0.15) is 6.61 Å². The van der Waals surface area contributed by atoms with Crippen LogP contribution in [0.4, 0.5) is 20.1 Å². The van der Waals surface area contributed by atoms with Gasteiger partial charge < -0.3 is 55.5 Å². The molecule has 0 radical (unpaired) electrons. The monoisotopic (exact) mass is 1140 g/mol. The Morgan fingerprint density at radius 1 is 0.915 bits per heavy atom. The first-order valence-corrected chi connectivity index (χ1v) is 29.0. The molecule has 0 spiro atoms. The van der Waals surface area contributed by atoms with E-state index in [1.807, 2.05) is 19.9 Å². The smallest absolute Gasteiger partial charge is 0.409 e. The van der Waals surface area contributed by atoms with Crippen LogP contribution in [0, 0.1) is 40.4 Å². The number of Topliss-reactive ketones (excluding diaryl/α,β-unsaturated/α-hetero) is 2. The standard InChI is InChI=1S/C60H83N7O15/c1-8-13-51-81-47-32-43-42-21-18-39-31-41(68)24-25-58(39,4)52(42)45(70)33-59(43,5)60(47,82-51)46(71)35-80-57(78)66(7)29-28-65(6)56(77)79-34-37-16-19-40(20-17-37)63-54(75)38(14-12-26-62-55(61)76)30-44(69)53(36(2)3)64-48(72)15-10-9-11-27-67-49(73)22-23-50(67)74/h16-17,19-20,22-25,31,36,38,42-43,45,47,51-53,70H,8-15,18,21,26-30,32-35H2,1-7H3,(H,63,75)(H,64,72)(H3,61,62,76)/t38-,42+,43?,45+,47-,51?,52?,53+,58+,59+,60-/m1/s1. The van der Waals surface area contributed by atoms with Crippen LogP contribution in [0.5, 0.6) is 0 Å². The number of primary amides is 1. The van der Waals surface area contributed by atoms with Crippen molar-refractivity contribution in [2.45, 2.75) is 155 Å². The Kier molecular flexibility index (Phi) is 20.7. The highest BCUT2D eigenvalue weighted by Crippen LogP contribution is 2.69. The highest BCUT2D eigenvalue weighted by atomic mass is 16.7. The Morgan fingerprint density at radius 3 is 2.26 bits per heavy atom. The molecule has 0 bridgehead atoms. The number of ether oxygens (including phenoxy) is 4. The number of allylic oxidation sites excluding steroid dienone is 4. The molecule has 1 saturated heterocycles. The molecule has 1 aromatic rings. The molecule has 8 amide bonds. The lowest BCUT2D eigenvalue weighted by atomic mass is 9.46. The van der Waals surface area contributed by atoms with Gasteiger partial charge in [0.25, 0.3) is 11.8 Å². The van der Waals surface area contributed by atoms with Crippen molar-refractivity contribution in [3.8, 4) is 0 Å². The predicted molar refractivity (Wildman–Crippen MR) is 299 cm³/mol. The SMILES string of the molecule is CCCC1O[C@@H]2CC3[C@@H]4CCC5=CC(=O)C=C[C@]5(C)C4[C@@H](O)C[C@]3(C)[C@]2(C(=O)COC(=O)N(C)CCN(C)C(=O)OCc2ccc(NC(=O)[C@H](CCCNC(N)=O)CC(=O)[C@@H](NC(=O)CCCCCN3C(=O)C=CC3=O)C(C)C)cc2)O1. The van der Waals surface area contributed by atoms with Crippen LogP contribution < -0.4 is 21.7 Å². The first-order chi connectivity index (χ1) is 38.9. The maximum Gasteiger partial charge on any atom is 0.409 e. The minimum absolute atomic E-state index is 0.0270. The van der Waals surface area contributed by atoms with Crippen molar-refractivity contribution in [3.05, 3.63) is 65.8 Å². The van der Waals surface area contributed by atoms with E-state index in [-0.39, 0.29) is 111 Å². The zero-order valence-electron chi connectivity index (χ0n) is 48.4. The van der Waals surface area contributed by atoms with Crippen molar-refractivity contribution in [2.24, 2.45) is 46.2 Å². The van der Waals surface area contributed by atoms with Crippen LogP contribution in [0.15, 0.2) is 60.2 Å². The van der Waals surface area contributed by atoms with Gasteiger partial charge in [0.2, 0.25) is 17.6 Å². The highest BCUT2D eigenvalue weighted by Gasteiger charge is 2.76. The number of aliphatic hydroxyl groups is 1. The third-order valence-corrected chi connectivity index (χ3v) is 17.9. The molecule has 0 aromatic heterocycles. The van der Waals surface area contributed by atoms with Crippen molar-refractivity contribution >= 4 is 64.9 Å². The van der Waals surface area contributed by atoms with Gasteiger partial charge in [-0.2, -0.15) is 0 Å². The predicted octanol–water partition coefficient (Wildman–Crippen LogP) is 5.65. The van der Waals surface area contributed by atoms with Gasteiger partial charge >= 0.3 is 18.2 Å². The molecule has 11 atom stereocenters. The molecule has 4 fully saturated rings. The van der Waals surface area contributed by atoms with E-state index in [2.05, 4.69) is 22.9 Å². The van der Waals surface area contributed by atoms with Crippen molar-refractivity contribution in [3.63, 3.8) is 0 Å². The maximum absolute atomic E-state index is 14.7. The van der Waals surface area contributed by atoms with Gasteiger partial charge in [-0.3, -0.25) is 38.5 Å². The first kappa shape index (κ1) is 62.8. The number of hydrogen-bond donors (Lipinski definition) is 5. The number of nitrogens with zero attached hydrogens (tertiary/aromatic N) is 3. The number of nitrogens with one attached hydrogen (secondary N) is 3. The molecule has 3 unspecified atom stereocenters. The zero-order chi connectivity index (χ0) is 59.7. The number of carbonyl (C=O) groups is 10. The van der Waals surface area contributed by atoms with Crippen molar-refractivity contribution in [1.82, 2.24) is 25.3 Å². The lowest BCUT2D eigenvalue weighted by Crippen LogP contribution is -2.63. The van der Waals surface area contributed by atoms with Crippen LogP contribution in [0.25, 0.3) is 0 Å². The molecule has 2 heterocycles. The zero-order valence-corrected chi connectivity index (χ0v) is 48.4. The molecular formula is C60H83N7O15. The summed E-state index contributed by atoms with van der Waals surface area (Å²) in [6.07, 6.45) is 9.87.